The van der Waals surface area contributed by atoms with Gasteiger partial charge in [0.1, 0.15) is 0 Å². The maximum atomic E-state index is 11.9. The van der Waals surface area contributed by atoms with Crippen molar-refractivity contribution < 1.29 is 4.79 Å². The van der Waals surface area contributed by atoms with Crippen molar-refractivity contribution in [2.24, 2.45) is 0 Å². The first-order chi connectivity index (χ1) is 9.16. The molecule has 2 rings (SSSR count). The molecule has 1 N–H and O–H groups in total. The van der Waals surface area contributed by atoms with E-state index >= 15 is 0 Å². The molecule has 0 saturated carbocycles. The van der Waals surface area contributed by atoms with Crippen LogP contribution in [0.5, 0.6) is 0 Å². The van der Waals surface area contributed by atoms with Crippen LogP contribution in [0.4, 0.5) is 0 Å². The summed E-state index contributed by atoms with van der Waals surface area (Å²) in [7, 11) is 0. The summed E-state index contributed by atoms with van der Waals surface area (Å²) in [5, 5.41) is 3.66. The molecule has 3 nitrogen and oxygen atoms in total. The molecule has 0 fully saturated rings. The summed E-state index contributed by atoms with van der Waals surface area (Å²) >= 11 is 11.7. The molecule has 0 atom stereocenters. The van der Waals surface area contributed by atoms with Gasteiger partial charge in [0.05, 0.1) is 10.6 Å². The number of hydrogen-bond donors (Lipinski definition) is 1. The fourth-order valence-electron chi connectivity index (χ4n) is 1.62. The van der Waals surface area contributed by atoms with Crippen molar-refractivity contribution in [2.75, 3.05) is 6.54 Å². The monoisotopic (exact) mass is 294 g/mol. The highest BCUT2D eigenvalue weighted by Crippen LogP contribution is 2.20. The maximum Gasteiger partial charge on any atom is 0.252 e. The number of carbonyl (C=O) groups excluding carboxylic acids is 1. The summed E-state index contributed by atoms with van der Waals surface area (Å²) in [5.41, 5.74) is 1.36. The molecular formula is C14H12Cl2N2O. The number of aromatic nitrogens is 1. The smallest absolute Gasteiger partial charge is 0.252 e. The Morgan fingerprint density at radius 1 is 1.21 bits per heavy atom. The van der Waals surface area contributed by atoms with Crippen LogP contribution in [0.3, 0.4) is 0 Å². The van der Waals surface area contributed by atoms with Crippen molar-refractivity contribution in [3.63, 3.8) is 0 Å². The second-order valence-electron chi connectivity index (χ2n) is 3.95. The molecule has 0 bridgehead atoms. The van der Waals surface area contributed by atoms with E-state index in [1.54, 1.807) is 24.4 Å². The van der Waals surface area contributed by atoms with Gasteiger partial charge >= 0.3 is 0 Å². The lowest BCUT2D eigenvalue weighted by Crippen LogP contribution is -2.26. The number of amides is 1. The third kappa shape index (κ3) is 3.94. The number of hydrogen-bond acceptors (Lipinski definition) is 2. The molecule has 2 aromatic rings. The van der Waals surface area contributed by atoms with Crippen LogP contribution in [-0.4, -0.2) is 17.4 Å². The molecule has 1 aromatic heterocycles. The Labute approximate surface area is 121 Å². The number of pyridine rings is 1. The van der Waals surface area contributed by atoms with Crippen molar-refractivity contribution in [1.82, 2.24) is 10.3 Å². The number of benzene rings is 1. The first-order valence-electron chi connectivity index (χ1n) is 5.80. The molecule has 0 aliphatic heterocycles. The third-order valence-electron chi connectivity index (χ3n) is 2.57. The minimum Gasteiger partial charge on any atom is -0.352 e. The second-order valence-corrected chi connectivity index (χ2v) is 4.79. The van der Waals surface area contributed by atoms with Crippen molar-refractivity contribution >= 4 is 29.1 Å². The van der Waals surface area contributed by atoms with Crippen molar-refractivity contribution in [3.8, 4) is 0 Å². The third-order valence-corrected chi connectivity index (χ3v) is 3.12. The number of rotatable bonds is 4. The molecule has 0 spiro atoms. The Balaban J connectivity index is 1.91. The molecule has 0 unspecified atom stereocenters. The second kappa shape index (κ2) is 6.55. The van der Waals surface area contributed by atoms with Crippen LogP contribution < -0.4 is 5.32 Å². The highest BCUT2D eigenvalue weighted by Gasteiger charge is 2.09. The van der Waals surface area contributed by atoms with Gasteiger partial charge in [-0.25, -0.2) is 0 Å². The highest BCUT2D eigenvalue weighted by atomic mass is 35.5. The lowest BCUT2D eigenvalue weighted by Gasteiger charge is -2.06. The van der Waals surface area contributed by atoms with Gasteiger partial charge in [0.2, 0.25) is 0 Å². The van der Waals surface area contributed by atoms with Gasteiger partial charge in [-0.1, -0.05) is 29.3 Å². The average Bonchev–Trinajstić information content (AvgIpc) is 2.39. The Bertz CT molecular complexity index is 573. The molecule has 1 aromatic carbocycles. The molecule has 5 heteroatoms. The molecular weight excluding hydrogens is 283 g/mol. The molecule has 0 aliphatic carbocycles. The van der Waals surface area contributed by atoms with E-state index in [2.05, 4.69) is 10.3 Å². The molecule has 0 saturated heterocycles. The quantitative estimate of drug-likeness (QED) is 0.939. The summed E-state index contributed by atoms with van der Waals surface area (Å²) in [5.74, 6) is -0.211. The highest BCUT2D eigenvalue weighted by molar-refractivity contribution is 6.36. The van der Waals surface area contributed by atoms with E-state index in [4.69, 9.17) is 23.2 Å². The Morgan fingerprint density at radius 2 is 2.05 bits per heavy atom. The van der Waals surface area contributed by atoms with Gasteiger partial charge in [0.15, 0.2) is 0 Å². The Kier molecular flexibility index (Phi) is 4.77. The number of nitrogens with zero attached hydrogens (tertiary/aromatic N) is 1. The topological polar surface area (TPSA) is 42.0 Å². The first-order valence-corrected chi connectivity index (χ1v) is 6.55. The Morgan fingerprint density at radius 3 is 2.74 bits per heavy atom. The molecule has 1 amide bonds. The van der Waals surface area contributed by atoms with Crippen LogP contribution in [0.25, 0.3) is 0 Å². The summed E-state index contributed by atoms with van der Waals surface area (Å²) < 4.78 is 0. The lowest BCUT2D eigenvalue weighted by atomic mass is 10.2. The molecule has 0 aliphatic rings. The fraction of sp³-hybridized carbons (Fsp3) is 0.143. The summed E-state index contributed by atoms with van der Waals surface area (Å²) in [6.45, 7) is 0.509. The summed E-state index contributed by atoms with van der Waals surface area (Å²) in [6.07, 6.45) is 2.41. The number of halogens is 2. The van der Waals surface area contributed by atoms with Gasteiger partial charge in [0.25, 0.3) is 5.91 Å². The van der Waals surface area contributed by atoms with Crippen LogP contribution in [0.1, 0.15) is 16.1 Å². The number of nitrogens with one attached hydrogen (secondary N) is 1. The predicted molar refractivity (Wildman–Crippen MR) is 76.7 cm³/mol. The predicted octanol–water partition coefficient (Wildman–Crippen LogP) is 3.36. The fourth-order valence-corrected chi connectivity index (χ4v) is 2.11. The summed E-state index contributed by atoms with van der Waals surface area (Å²) in [6, 6.07) is 10.5. The first kappa shape index (κ1) is 13.8. The van der Waals surface area contributed by atoms with E-state index < -0.39 is 0 Å². The van der Waals surface area contributed by atoms with Crippen molar-refractivity contribution in [1.29, 1.82) is 0 Å². The number of carbonyl (C=O) groups is 1. The van der Waals surface area contributed by atoms with E-state index in [1.165, 1.54) is 0 Å². The van der Waals surface area contributed by atoms with Crippen LogP contribution in [0.2, 0.25) is 10.0 Å². The maximum absolute atomic E-state index is 11.9. The van der Waals surface area contributed by atoms with E-state index in [0.717, 1.165) is 5.69 Å². The van der Waals surface area contributed by atoms with Gasteiger partial charge < -0.3 is 5.32 Å². The SMILES string of the molecule is O=C(NCCc1ccccn1)c1ccc(Cl)cc1Cl. The van der Waals surface area contributed by atoms with Crippen LogP contribution in [0.15, 0.2) is 42.6 Å². The van der Waals surface area contributed by atoms with Crippen molar-refractivity contribution in [3.05, 3.63) is 63.9 Å². The van der Waals surface area contributed by atoms with Crippen LogP contribution in [-0.2, 0) is 6.42 Å². The standard InChI is InChI=1S/C14H12Cl2N2O/c15-10-4-5-12(13(16)9-10)14(19)18-8-6-11-3-1-2-7-17-11/h1-5,7,9H,6,8H2,(H,18,19). The largest absolute Gasteiger partial charge is 0.352 e. The zero-order valence-electron chi connectivity index (χ0n) is 10.1. The van der Waals surface area contributed by atoms with Gasteiger partial charge in [-0.2, -0.15) is 0 Å². The molecule has 0 radical (unpaired) electrons. The average molecular weight is 295 g/mol. The summed E-state index contributed by atoms with van der Waals surface area (Å²) in [4.78, 5) is 16.1. The van der Waals surface area contributed by atoms with Gasteiger partial charge in [-0.3, -0.25) is 9.78 Å². The molecule has 98 valence electrons. The minimum absolute atomic E-state index is 0.211. The van der Waals surface area contributed by atoms with Crippen LogP contribution in [0, 0.1) is 0 Å². The minimum atomic E-state index is -0.211. The zero-order chi connectivity index (χ0) is 13.7. The molecule has 1 heterocycles. The van der Waals surface area contributed by atoms with Crippen molar-refractivity contribution in [2.45, 2.75) is 6.42 Å². The van der Waals surface area contributed by atoms with Gasteiger partial charge in [-0.15, -0.1) is 0 Å². The lowest BCUT2D eigenvalue weighted by molar-refractivity contribution is 0.0954. The molecule has 19 heavy (non-hydrogen) atoms. The van der Waals surface area contributed by atoms with E-state index in [9.17, 15) is 4.79 Å². The Hall–Kier alpha value is -1.58. The van der Waals surface area contributed by atoms with Gasteiger partial charge in [-0.05, 0) is 30.3 Å². The van der Waals surface area contributed by atoms with E-state index in [0.29, 0.717) is 28.6 Å². The van der Waals surface area contributed by atoms with Gasteiger partial charge in [0, 0.05) is 29.9 Å². The normalized spacial score (nSPS) is 10.2. The van der Waals surface area contributed by atoms with E-state index in [1.807, 2.05) is 18.2 Å². The zero-order valence-corrected chi connectivity index (χ0v) is 11.6. The van der Waals surface area contributed by atoms with Crippen LogP contribution >= 0.6 is 23.2 Å². The van der Waals surface area contributed by atoms with E-state index in [-0.39, 0.29) is 5.91 Å².